The molecule has 1 aliphatic heterocycles. The second-order valence-electron chi connectivity index (χ2n) is 8.24. The number of amides is 1. The SMILES string of the molecule is CC[C@@H]1CCCCN1C(=O)CSc1nc(=O)c2c(C(=O)OC)cc(C)nc2n1C1CC1. The Balaban J connectivity index is 1.70. The minimum Gasteiger partial charge on any atom is -0.465 e. The fourth-order valence-electron chi connectivity index (χ4n) is 4.33. The first-order valence-corrected chi connectivity index (χ1v) is 11.9. The fourth-order valence-corrected chi connectivity index (χ4v) is 5.27. The lowest BCUT2D eigenvalue weighted by Gasteiger charge is -2.35. The minimum atomic E-state index is -0.581. The summed E-state index contributed by atoms with van der Waals surface area (Å²) in [7, 11) is 1.29. The number of ether oxygens (including phenoxy) is 1. The third kappa shape index (κ3) is 4.33. The maximum Gasteiger partial charge on any atom is 0.338 e. The number of hydrogen-bond donors (Lipinski definition) is 0. The summed E-state index contributed by atoms with van der Waals surface area (Å²) in [4.78, 5) is 49.0. The van der Waals surface area contributed by atoms with Crippen LogP contribution in [0.15, 0.2) is 16.0 Å². The van der Waals surface area contributed by atoms with Crippen molar-refractivity contribution in [3.8, 4) is 0 Å². The number of aromatic nitrogens is 3. The largest absolute Gasteiger partial charge is 0.465 e. The fraction of sp³-hybridized carbons (Fsp3) is 0.591. The molecule has 0 spiro atoms. The summed E-state index contributed by atoms with van der Waals surface area (Å²) in [5, 5.41) is 0.675. The Morgan fingerprint density at radius 3 is 2.68 bits per heavy atom. The van der Waals surface area contributed by atoms with Crippen LogP contribution < -0.4 is 5.56 Å². The Kier molecular flexibility index (Phi) is 6.31. The maximum atomic E-state index is 12.9. The van der Waals surface area contributed by atoms with Gasteiger partial charge in [0.15, 0.2) is 5.16 Å². The molecule has 1 saturated carbocycles. The number of nitrogens with zero attached hydrogens (tertiary/aromatic N) is 4. The van der Waals surface area contributed by atoms with Crippen molar-refractivity contribution < 1.29 is 14.3 Å². The van der Waals surface area contributed by atoms with E-state index in [-0.39, 0.29) is 28.7 Å². The summed E-state index contributed by atoms with van der Waals surface area (Å²) in [5.41, 5.74) is 0.740. The van der Waals surface area contributed by atoms with Gasteiger partial charge in [0.2, 0.25) is 5.91 Å². The molecule has 8 nitrogen and oxygen atoms in total. The number of fused-ring (bicyclic) bond motifs is 1. The molecule has 2 fully saturated rings. The van der Waals surface area contributed by atoms with Gasteiger partial charge in [-0.1, -0.05) is 18.7 Å². The third-order valence-electron chi connectivity index (χ3n) is 6.03. The molecule has 0 N–H and O–H groups in total. The van der Waals surface area contributed by atoms with Gasteiger partial charge in [-0.3, -0.25) is 9.59 Å². The van der Waals surface area contributed by atoms with E-state index in [0.717, 1.165) is 45.1 Å². The first-order valence-electron chi connectivity index (χ1n) is 10.9. The van der Waals surface area contributed by atoms with Crippen LogP contribution in [-0.4, -0.2) is 56.8 Å². The van der Waals surface area contributed by atoms with Crippen LogP contribution in [0.1, 0.15) is 67.5 Å². The van der Waals surface area contributed by atoms with E-state index in [0.29, 0.717) is 22.5 Å². The lowest BCUT2D eigenvalue weighted by molar-refractivity contribution is -0.132. The molecule has 2 aromatic heterocycles. The molecule has 1 amide bonds. The van der Waals surface area contributed by atoms with Crippen molar-refractivity contribution in [1.82, 2.24) is 19.4 Å². The van der Waals surface area contributed by atoms with E-state index < -0.39 is 11.5 Å². The summed E-state index contributed by atoms with van der Waals surface area (Å²) in [6.07, 6.45) is 6.11. The molecule has 3 heterocycles. The molecule has 0 bridgehead atoms. The van der Waals surface area contributed by atoms with E-state index in [1.807, 2.05) is 9.47 Å². The number of likely N-dealkylation sites (tertiary alicyclic amines) is 1. The molecule has 2 aromatic rings. The van der Waals surface area contributed by atoms with Crippen molar-refractivity contribution in [2.45, 2.75) is 69.6 Å². The monoisotopic (exact) mass is 444 g/mol. The van der Waals surface area contributed by atoms with Crippen LogP contribution in [0.25, 0.3) is 11.0 Å². The van der Waals surface area contributed by atoms with E-state index in [4.69, 9.17) is 4.74 Å². The molecule has 0 radical (unpaired) electrons. The van der Waals surface area contributed by atoms with Crippen molar-refractivity contribution in [2.24, 2.45) is 0 Å². The Morgan fingerprint density at radius 1 is 1.23 bits per heavy atom. The molecule has 1 atom stereocenters. The maximum absolute atomic E-state index is 12.9. The van der Waals surface area contributed by atoms with Crippen molar-refractivity contribution in [3.63, 3.8) is 0 Å². The molecular weight excluding hydrogens is 416 g/mol. The normalized spacial score (nSPS) is 18.9. The molecule has 166 valence electrons. The summed E-state index contributed by atoms with van der Waals surface area (Å²) in [6.45, 7) is 4.69. The highest BCUT2D eigenvalue weighted by Gasteiger charge is 2.31. The number of rotatable bonds is 6. The highest BCUT2D eigenvalue weighted by atomic mass is 32.2. The number of hydrogen-bond acceptors (Lipinski definition) is 7. The number of pyridine rings is 1. The molecule has 31 heavy (non-hydrogen) atoms. The van der Waals surface area contributed by atoms with Crippen molar-refractivity contribution >= 4 is 34.7 Å². The zero-order valence-electron chi connectivity index (χ0n) is 18.2. The van der Waals surface area contributed by atoms with E-state index in [2.05, 4.69) is 16.9 Å². The molecule has 0 aromatic carbocycles. The van der Waals surface area contributed by atoms with Crippen LogP contribution in [0.3, 0.4) is 0 Å². The summed E-state index contributed by atoms with van der Waals surface area (Å²) >= 11 is 1.29. The van der Waals surface area contributed by atoms with Crippen molar-refractivity contribution in [1.29, 1.82) is 0 Å². The zero-order valence-corrected chi connectivity index (χ0v) is 19.0. The average molecular weight is 445 g/mol. The first kappa shape index (κ1) is 21.8. The van der Waals surface area contributed by atoms with Gasteiger partial charge in [0.1, 0.15) is 5.65 Å². The summed E-state index contributed by atoms with van der Waals surface area (Å²) in [5.74, 6) is -0.264. The molecule has 4 rings (SSSR count). The topological polar surface area (TPSA) is 94.4 Å². The third-order valence-corrected chi connectivity index (χ3v) is 6.97. The number of thioether (sulfide) groups is 1. The molecular formula is C22H28N4O4S. The van der Waals surface area contributed by atoms with Crippen LogP contribution in [0.4, 0.5) is 0 Å². The van der Waals surface area contributed by atoms with Gasteiger partial charge < -0.3 is 14.2 Å². The molecule has 0 unspecified atom stereocenters. The van der Waals surface area contributed by atoms with Gasteiger partial charge in [-0.25, -0.2) is 9.78 Å². The van der Waals surface area contributed by atoms with Crippen LogP contribution in [0.2, 0.25) is 0 Å². The number of piperidine rings is 1. The van der Waals surface area contributed by atoms with E-state index >= 15 is 0 Å². The Bertz CT molecular complexity index is 1080. The first-order chi connectivity index (χ1) is 14.9. The number of carbonyl (C=O) groups excluding carboxylic acids is 2. The van der Waals surface area contributed by atoms with Gasteiger partial charge in [0, 0.05) is 24.3 Å². The minimum absolute atomic E-state index is 0.0840. The molecule has 9 heteroatoms. The smallest absolute Gasteiger partial charge is 0.338 e. The molecule has 1 aliphatic carbocycles. The second-order valence-corrected chi connectivity index (χ2v) is 9.18. The van der Waals surface area contributed by atoms with Gasteiger partial charge in [0.05, 0.1) is 23.8 Å². The van der Waals surface area contributed by atoms with E-state index in [1.165, 1.54) is 18.9 Å². The predicted octanol–water partition coefficient (Wildman–Crippen LogP) is 3.10. The summed E-state index contributed by atoms with van der Waals surface area (Å²) < 4.78 is 6.80. The second kappa shape index (κ2) is 8.98. The van der Waals surface area contributed by atoms with Gasteiger partial charge in [-0.2, -0.15) is 4.98 Å². The number of carbonyl (C=O) groups is 2. The number of methoxy groups -OCH3 is 1. The molecule has 2 aliphatic rings. The van der Waals surface area contributed by atoms with Gasteiger partial charge in [0.25, 0.3) is 5.56 Å². The van der Waals surface area contributed by atoms with Gasteiger partial charge in [-0.05, 0) is 51.5 Å². The Labute approximate surface area is 185 Å². The quantitative estimate of drug-likeness (QED) is 0.384. The van der Waals surface area contributed by atoms with Crippen LogP contribution in [0, 0.1) is 6.92 Å². The van der Waals surface area contributed by atoms with Crippen molar-refractivity contribution in [2.75, 3.05) is 19.4 Å². The van der Waals surface area contributed by atoms with Crippen LogP contribution in [-0.2, 0) is 9.53 Å². The van der Waals surface area contributed by atoms with E-state index in [9.17, 15) is 14.4 Å². The Morgan fingerprint density at radius 2 is 2.00 bits per heavy atom. The lowest BCUT2D eigenvalue weighted by Crippen LogP contribution is -2.44. The summed E-state index contributed by atoms with van der Waals surface area (Å²) in [6, 6.07) is 2.03. The van der Waals surface area contributed by atoms with Crippen LogP contribution >= 0.6 is 11.8 Å². The lowest BCUT2D eigenvalue weighted by atomic mass is 10.0. The highest BCUT2D eigenvalue weighted by molar-refractivity contribution is 7.99. The standard InChI is InChI=1S/C22H28N4O4S/c1-4-14-7-5-6-10-25(14)17(27)12-31-22-24-20(28)18-16(21(29)30-3)11-13(2)23-19(18)26(22)15-8-9-15/h11,14-15H,4-10,12H2,1-3H3/t14-/m1/s1. The van der Waals surface area contributed by atoms with Gasteiger partial charge in [-0.15, -0.1) is 0 Å². The number of aryl methyl sites for hydroxylation is 1. The zero-order chi connectivity index (χ0) is 22.1. The average Bonchev–Trinajstić information content (AvgIpc) is 3.61. The van der Waals surface area contributed by atoms with E-state index in [1.54, 1.807) is 13.0 Å². The molecule has 1 saturated heterocycles. The predicted molar refractivity (Wildman–Crippen MR) is 119 cm³/mol. The number of esters is 1. The van der Waals surface area contributed by atoms with Gasteiger partial charge >= 0.3 is 5.97 Å². The van der Waals surface area contributed by atoms with Crippen LogP contribution in [0.5, 0.6) is 0 Å². The highest BCUT2D eigenvalue weighted by Crippen LogP contribution is 2.39. The Hall–Kier alpha value is -2.42. The van der Waals surface area contributed by atoms with Crippen molar-refractivity contribution in [3.05, 3.63) is 27.7 Å².